The number of rotatable bonds is 1. The van der Waals surface area contributed by atoms with Crippen LogP contribution in [-0.2, 0) is 0 Å². The van der Waals surface area contributed by atoms with E-state index >= 15 is 0 Å². The molecule has 1 atom stereocenters. The lowest BCUT2D eigenvalue weighted by Crippen LogP contribution is -2.32. The lowest BCUT2D eigenvalue weighted by Gasteiger charge is -2.16. The molecule has 0 aliphatic carbocycles. The van der Waals surface area contributed by atoms with Gasteiger partial charge in [0.25, 0.3) is 5.91 Å². The van der Waals surface area contributed by atoms with Gasteiger partial charge in [-0.2, -0.15) is 0 Å². The summed E-state index contributed by atoms with van der Waals surface area (Å²) in [6, 6.07) is 7.83. The van der Waals surface area contributed by atoms with Crippen molar-refractivity contribution in [1.82, 2.24) is 4.90 Å². The SMILES string of the molecule is Cc1ccccc1C(=O)N1CCC(N)C1.Cl. The molecule has 0 radical (unpaired) electrons. The largest absolute Gasteiger partial charge is 0.337 e. The Morgan fingerprint density at radius 2 is 2.12 bits per heavy atom. The van der Waals surface area contributed by atoms with Crippen LogP contribution in [0.1, 0.15) is 22.3 Å². The molecule has 0 saturated carbocycles. The average Bonchev–Trinajstić information content (AvgIpc) is 2.65. The van der Waals surface area contributed by atoms with Gasteiger partial charge in [0.15, 0.2) is 0 Å². The van der Waals surface area contributed by atoms with Gasteiger partial charge in [-0.05, 0) is 25.0 Å². The van der Waals surface area contributed by atoms with E-state index in [0.29, 0.717) is 6.54 Å². The maximum Gasteiger partial charge on any atom is 0.254 e. The summed E-state index contributed by atoms with van der Waals surface area (Å²) in [5, 5.41) is 0. The van der Waals surface area contributed by atoms with Gasteiger partial charge in [0.1, 0.15) is 0 Å². The molecular weight excluding hydrogens is 224 g/mol. The van der Waals surface area contributed by atoms with Crippen molar-refractivity contribution in [1.29, 1.82) is 0 Å². The Morgan fingerprint density at radius 3 is 2.69 bits per heavy atom. The lowest BCUT2D eigenvalue weighted by atomic mass is 10.1. The molecule has 16 heavy (non-hydrogen) atoms. The number of benzene rings is 1. The fourth-order valence-corrected chi connectivity index (χ4v) is 1.95. The molecule has 1 aliphatic rings. The molecule has 88 valence electrons. The number of carbonyl (C=O) groups excluding carboxylic acids is 1. The van der Waals surface area contributed by atoms with Crippen LogP contribution in [0.5, 0.6) is 0 Å². The molecule has 0 spiro atoms. The summed E-state index contributed by atoms with van der Waals surface area (Å²) >= 11 is 0. The highest BCUT2D eigenvalue weighted by Gasteiger charge is 2.24. The number of nitrogens with two attached hydrogens (primary N) is 1. The van der Waals surface area contributed by atoms with Gasteiger partial charge in [-0.15, -0.1) is 12.4 Å². The van der Waals surface area contributed by atoms with Gasteiger partial charge >= 0.3 is 0 Å². The van der Waals surface area contributed by atoms with Gasteiger partial charge in [-0.25, -0.2) is 0 Å². The Kier molecular flexibility index (Phi) is 4.33. The Hall–Kier alpha value is -1.06. The molecule has 0 bridgehead atoms. The number of halogens is 1. The fourth-order valence-electron chi connectivity index (χ4n) is 1.95. The first-order valence-corrected chi connectivity index (χ1v) is 5.29. The van der Waals surface area contributed by atoms with Crippen molar-refractivity contribution in [2.75, 3.05) is 13.1 Å². The molecule has 3 nitrogen and oxygen atoms in total. The molecule has 0 aromatic heterocycles. The van der Waals surface area contributed by atoms with E-state index in [1.54, 1.807) is 0 Å². The van der Waals surface area contributed by atoms with Crippen LogP contribution in [-0.4, -0.2) is 29.9 Å². The topological polar surface area (TPSA) is 46.3 Å². The maximum atomic E-state index is 12.1. The first-order chi connectivity index (χ1) is 7.18. The van der Waals surface area contributed by atoms with Gasteiger partial charge < -0.3 is 10.6 Å². The van der Waals surface area contributed by atoms with Crippen molar-refractivity contribution in [2.45, 2.75) is 19.4 Å². The van der Waals surface area contributed by atoms with Crippen LogP contribution in [0.15, 0.2) is 24.3 Å². The molecule has 1 unspecified atom stereocenters. The van der Waals surface area contributed by atoms with E-state index < -0.39 is 0 Å². The number of hydrogen-bond donors (Lipinski definition) is 1. The third kappa shape index (κ3) is 2.54. The summed E-state index contributed by atoms with van der Waals surface area (Å²) in [7, 11) is 0. The molecule has 1 saturated heterocycles. The van der Waals surface area contributed by atoms with E-state index in [9.17, 15) is 4.79 Å². The smallest absolute Gasteiger partial charge is 0.254 e. The van der Waals surface area contributed by atoms with Crippen LogP contribution < -0.4 is 5.73 Å². The van der Waals surface area contributed by atoms with E-state index in [0.717, 1.165) is 24.1 Å². The molecule has 2 N–H and O–H groups in total. The zero-order valence-corrected chi connectivity index (χ0v) is 10.2. The van der Waals surface area contributed by atoms with Crippen molar-refractivity contribution in [3.63, 3.8) is 0 Å². The van der Waals surface area contributed by atoms with E-state index in [4.69, 9.17) is 5.73 Å². The van der Waals surface area contributed by atoms with Crippen LogP contribution in [0.25, 0.3) is 0 Å². The van der Waals surface area contributed by atoms with Crippen molar-refractivity contribution in [2.24, 2.45) is 5.73 Å². The summed E-state index contributed by atoms with van der Waals surface area (Å²) in [5.74, 6) is 0.112. The number of hydrogen-bond acceptors (Lipinski definition) is 2. The number of carbonyl (C=O) groups is 1. The molecule has 4 heteroatoms. The first-order valence-electron chi connectivity index (χ1n) is 5.29. The minimum atomic E-state index is 0. The van der Waals surface area contributed by atoms with Gasteiger partial charge in [-0.3, -0.25) is 4.79 Å². The predicted molar refractivity (Wildman–Crippen MR) is 66.9 cm³/mol. The Labute approximate surface area is 102 Å². The molecule has 2 rings (SSSR count). The summed E-state index contributed by atoms with van der Waals surface area (Å²) in [5.41, 5.74) is 7.61. The third-order valence-corrected chi connectivity index (χ3v) is 2.89. The van der Waals surface area contributed by atoms with Crippen LogP contribution in [0, 0.1) is 6.92 Å². The van der Waals surface area contributed by atoms with Crippen molar-refractivity contribution in [3.8, 4) is 0 Å². The predicted octanol–water partition coefficient (Wildman–Crippen LogP) is 1.59. The number of nitrogens with zero attached hydrogens (tertiary/aromatic N) is 1. The second-order valence-electron chi connectivity index (χ2n) is 4.11. The second kappa shape index (κ2) is 5.32. The third-order valence-electron chi connectivity index (χ3n) is 2.89. The monoisotopic (exact) mass is 240 g/mol. The average molecular weight is 241 g/mol. The quantitative estimate of drug-likeness (QED) is 0.811. The van der Waals surface area contributed by atoms with Gasteiger partial charge in [0.05, 0.1) is 0 Å². The van der Waals surface area contributed by atoms with E-state index in [1.165, 1.54) is 0 Å². The summed E-state index contributed by atoms with van der Waals surface area (Å²) in [4.78, 5) is 13.9. The van der Waals surface area contributed by atoms with Crippen LogP contribution in [0.4, 0.5) is 0 Å². The molecule has 1 amide bonds. The number of amides is 1. The van der Waals surface area contributed by atoms with Gasteiger partial charge in [0, 0.05) is 24.7 Å². The zero-order chi connectivity index (χ0) is 10.8. The maximum absolute atomic E-state index is 12.1. The highest BCUT2D eigenvalue weighted by molar-refractivity contribution is 5.95. The van der Waals surface area contributed by atoms with E-state index in [-0.39, 0.29) is 24.4 Å². The van der Waals surface area contributed by atoms with Crippen LogP contribution in [0.2, 0.25) is 0 Å². The van der Waals surface area contributed by atoms with E-state index in [1.807, 2.05) is 36.1 Å². The van der Waals surface area contributed by atoms with E-state index in [2.05, 4.69) is 0 Å². The first kappa shape index (κ1) is 13.0. The second-order valence-corrected chi connectivity index (χ2v) is 4.11. The Balaban J connectivity index is 0.00000128. The van der Waals surface area contributed by atoms with Crippen LogP contribution >= 0.6 is 12.4 Å². The normalized spacial score (nSPS) is 19.4. The number of aryl methyl sites for hydroxylation is 1. The molecule has 1 aromatic rings. The summed E-state index contributed by atoms with van der Waals surface area (Å²) < 4.78 is 0. The van der Waals surface area contributed by atoms with Crippen molar-refractivity contribution < 1.29 is 4.79 Å². The highest BCUT2D eigenvalue weighted by Crippen LogP contribution is 2.14. The minimum absolute atomic E-state index is 0. The van der Waals surface area contributed by atoms with Gasteiger partial charge in [0.2, 0.25) is 0 Å². The highest BCUT2D eigenvalue weighted by atomic mass is 35.5. The minimum Gasteiger partial charge on any atom is -0.337 e. The molecule has 1 aromatic carbocycles. The summed E-state index contributed by atoms with van der Waals surface area (Å²) in [6.07, 6.45) is 0.914. The van der Waals surface area contributed by atoms with Crippen LogP contribution in [0.3, 0.4) is 0 Å². The molecule has 1 fully saturated rings. The molecule has 1 aliphatic heterocycles. The standard InChI is InChI=1S/C12H16N2O.ClH/c1-9-4-2-3-5-11(9)12(15)14-7-6-10(13)8-14;/h2-5,10H,6-8,13H2,1H3;1H. The Bertz CT molecular complexity index is 381. The van der Waals surface area contributed by atoms with Gasteiger partial charge in [-0.1, -0.05) is 18.2 Å². The lowest BCUT2D eigenvalue weighted by molar-refractivity contribution is 0.0790. The van der Waals surface area contributed by atoms with Crippen molar-refractivity contribution in [3.05, 3.63) is 35.4 Å². The molecular formula is C12H17ClN2O. The zero-order valence-electron chi connectivity index (χ0n) is 9.35. The van der Waals surface area contributed by atoms with Crippen molar-refractivity contribution >= 4 is 18.3 Å². The Morgan fingerprint density at radius 1 is 1.44 bits per heavy atom. The summed E-state index contributed by atoms with van der Waals surface area (Å²) in [6.45, 7) is 3.44. The number of likely N-dealkylation sites (tertiary alicyclic amines) is 1. The fraction of sp³-hybridized carbons (Fsp3) is 0.417. The molecule has 1 heterocycles.